The summed E-state index contributed by atoms with van der Waals surface area (Å²) >= 11 is 0. The minimum absolute atomic E-state index is 0.122. The summed E-state index contributed by atoms with van der Waals surface area (Å²) in [5, 5.41) is 7.02. The van der Waals surface area contributed by atoms with Crippen molar-refractivity contribution >= 4 is 11.9 Å². The molecular formula is C15H22N4O2. The van der Waals surface area contributed by atoms with Crippen LogP contribution in [0.25, 0.3) is 0 Å². The Bertz CT molecular complexity index is 572. The van der Waals surface area contributed by atoms with E-state index in [4.69, 9.17) is 0 Å². The second kappa shape index (κ2) is 5.16. The third kappa shape index (κ3) is 2.13. The molecule has 1 aliphatic carbocycles. The molecule has 3 rings (SSSR count). The van der Waals surface area contributed by atoms with Gasteiger partial charge in [-0.05, 0) is 32.3 Å². The van der Waals surface area contributed by atoms with Crippen molar-refractivity contribution in [2.75, 3.05) is 0 Å². The number of imide groups is 1. The summed E-state index contributed by atoms with van der Waals surface area (Å²) in [4.78, 5) is 26.1. The van der Waals surface area contributed by atoms with Crippen LogP contribution in [-0.2, 0) is 24.3 Å². The highest BCUT2D eigenvalue weighted by molar-refractivity contribution is 6.07. The molecule has 1 aromatic heterocycles. The molecule has 2 aliphatic rings. The molecule has 0 radical (unpaired) electrons. The van der Waals surface area contributed by atoms with Gasteiger partial charge in [-0.2, -0.15) is 5.10 Å². The molecule has 1 spiro atoms. The summed E-state index contributed by atoms with van der Waals surface area (Å²) < 4.78 is 1.93. The summed E-state index contributed by atoms with van der Waals surface area (Å²) in [5.41, 5.74) is 1.41. The van der Waals surface area contributed by atoms with Crippen LogP contribution in [0.3, 0.4) is 0 Å². The largest absolute Gasteiger partial charge is 0.325 e. The van der Waals surface area contributed by atoms with E-state index in [-0.39, 0.29) is 11.9 Å². The average molecular weight is 290 g/mol. The van der Waals surface area contributed by atoms with Gasteiger partial charge >= 0.3 is 6.03 Å². The zero-order valence-corrected chi connectivity index (χ0v) is 12.7. The monoisotopic (exact) mass is 290 g/mol. The van der Waals surface area contributed by atoms with Crippen LogP contribution in [0, 0.1) is 0 Å². The predicted octanol–water partition coefficient (Wildman–Crippen LogP) is 1.83. The summed E-state index contributed by atoms with van der Waals surface area (Å²) in [6.45, 7) is 5.33. The van der Waals surface area contributed by atoms with Crippen molar-refractivity contribution in [2.24, 2.45) is 0 Å². The first-order valence-corrected chi connectivity index (χ1v) is 7.79. The molecular weight excluding hydrogens is 268 g/mol. The Hall–Kier alpha value is -1.85. The summed E-state index contributed by atoms with van der Waals surface area (Å²) in [6, 6.07) is 1.78. The number of aromatic nitrogens is 2. The SMILES string of the molecule is CCc1cc(CN2C(=O)NC(=O)C23CCCC3)n(CC)n1. The van der Waals surface area contributed by atoms with Gasteiger partial charge in [0.1, 0.15) is 5.54 Å². The Balaban J connectivity index is 1.90. The van der Waals surface area contributed by atoms with E-state index in [2.05, 4.69) is 17.3 Å². The Morgan fingerprint density at radius 1 is 1.29 bits per heavy atom. The van der Waals surface area contributed by atoms with Gasteiger partial charge in [-0.3, -0.25) is 14.8 Å². The molecule has 1 saturated heterocycles. The lowest BCUT2D eigenvalue weighted by Crippen LogP contribution is -2.47. The molecule has 1 aliphatic heterocycles. The van der Waals surface area contributed by atoms with Gasteiger partial charge in [0.05, 0.1) is 17.9 Å². The standard InChI is InChI=1S/C15H22N4O2/c1-3-11-9-12(19(4-2)17-11)10-18-14(21)16-13(20)15(18)7-5-6-8-15/h9H,3-8,10H2,1-2H3,(H,16,20,21). The van der Waals surface area contributed by atoms with Crippen molar-refractivity contribution in [3.05, 3.63) is 17.5 Å². The minimum Gasteiger partial charge on any atom is -0.304 e. The van der Waals surface area contributed by atoms with Crippen LogP contribution in [0.15, 0.2) is 6.07 Å². The summed E-state index contributed by atoms with van der Waals surface area (Å²) in [6.07, 6.45) is 4.42. The lowest BCUT2D eigenvalue weighted by atomic mass is 9.96. The molecule has 1 aromatic rings. The lowest BCUT2D eigenvalue weighted by Gasteiger charge is -2.31. The van der Waals surface area contributed by atoms with E-state index in [0.717, 1.165) is 50.0 Å². The van der Waals surface area contributed by atoms with Gasteiger partial charge in [0.25, 0.3) is 5.91 Å². The fraction of sp³-hybridized carbons (Fsp3) is 0.667. The Morgan fingerprint density at radius 3 is 2.62 bits per heavy atom. The molecule has 2 fully saturated rings. The number of hydrogen-bond acceptors (Lipinski definition) is 3. The number of nitrogens with zero attached hydrogens (tertiary/aromatic N) is 3. The maximum absolute atomic E-state index is 12.2. The Labute approximate surface area is 124 Å². The van der Waals surface area contributed by atoms with E-state index in [9.17, 15) is 9.59 Å². The number of nitrogens with one attached hydrogen (secondary N) is 1. The zero-order valence-electron chi connectivity index (χ0n) is 12.7. The Morgan fingerprint density at radius 2 is 2.00 bits per heavy atom. The highest BCUT2D eigenvalue weighted by Crippen LogP contribution is 2.39. The average Bonchev–Trinajstić information content (AvgIpc) is 3.15. The van der Waals surface area contributed by atoms with Crippen LogP contribution in [-0.4, -0.2) is 32.2 Å². The molecule has 21 heavy (non-hydrogen) atoms. The molecule has 0 bridgehead atoms. The van der Waals surface area contributed by atoms with E-state index in [1.165, 1.54) is 0 Å². The first-order chi connectivity index (χ1) is 10.1. The quantitative estimate of drug-likeness (QED) is 0.860. The molecule has 6 heteroatoms. The maximum atomic E-state index is 12.2. The van der Waals surface area contributed by atoms with Crippen LogP contribution in [0.4, 0.5) is 4.79 Å². The number of carbonyl (C=O) groups is 2. The number of amides is 3. The number of hydrogen-bond donors (Lipinski definition) is 1. The van der Waals surface area contributed by atoms with Crippen molar-refractivity contribution in [1.29, 1.82) is 0 Å². The van der Waals surface area contributed by atoms with Gasteiger partial charge in [-0.15, -0.1) is 0 Å². The molecule has 6 nitrogen and oxygen atoms in total. The first-order valence-electron chi connectivity index (χ1n) is 7.79. The van der Waals surface area contributed by atoms with E-state index in [1.54, 1.807) is 4.90 Å². The normalized spacial score (nSPS) is 20.6. The predicted molar refractivity (Wildman–Crippen MR) is 77.6 cm³/mol. The number of aryl methyl sites for hydroxylation is 2. The third-order valence-electron chi connectivity index (χ3n) is 4.73. The highest BCUT2D eigenvalue weighted by Gasteiger charge is 2.54. The topological polar surface area (TPSA) is 67.2 Å². The third-order valence-corrected chi connectivity index (χ3v) is 4.73. The van der Waals surface area contributed by atoms with Crippen molar-refractivity contribution in [1.82, 2.24) is 20.0 Å². The second-order valence-electron chi connectivity index (χ2n) is 5.88. The fourth-order valence-corrected chi connectivity index (χ4v) is 3.53. The summed E-state index contributed by atoms with van der Waals surface area (Å²) in [5.74, 6) is -0.122. The van der Waals surface area contributed by atoms with Gasteiger partial charge in [-0.1, -0.05) is 19.8 Å². The molecule has 114 valence electrons. The van der Waals surface area contributed by atoms with E-state index in [1.807, 2.05) is 17.7 Å². The van der Waals surface area contributed by atoms with Gasteiger partial charge in [0.2, 0.25) is 0 Å². The van der Waals surface area contributed by atoms with Crippen LogP contribution in [0.1, 0.15) is 50.9 Å². The minimum atomic E-state index is -0.619. The van der Waals surface area contributed by atoms with Crippen molar-refractivity contribution in [2.45, 2.75) is 64.6 Å². The zero-order chi connectivity index (χ0) is 15.0. The van der Waals surface area contributed by atoms with E-state index >= 15 is 0 Å². The maximum Gasteiger partial charge on any atom is 0.325 e. The van der Waals surface area contributed by atoms with Crippen molar-refractivity contribution in [3.8, 4) is 0 Å². The Kier molecular flexibility index (Phi) is 3.47. The van der Waals surface area contributed by atoms with Gasteiger partial charge in [0, 0.05) is 6.54 Å². The summed E-state index contributed by atoms with van der Waals surface area (Å²) in [7, 11) is 0. The van der Waals surface area contributed by atoms with Crippen molar-refractivity contribution < 1.29 is 9.59 Å². The second-order valence-corrected chi connectivity index (χ2v) is 5.88. The number of rotatable bonds is 4. The number of carbonyl (C=O) groups excluding carboxylic acids is 2. The highest BCUT2D eigenvalue weighted by atomic mass is 16.2. The molecule has 0 atom stereocenters. The van der Waals surface area contributed by atoms with Gasteiger partial charge in [-0.25, -0.2) is 4.79 Å². The van der Waals surface area contributed by atoms with Crippen LogP contribution < -0.4 is 5.32 Å². The first kappa shape index (κ1) is 14.1. The molecule has 2 heterocycles. The van der Waals surface area contributed by atoms with Gasteiger partial charge < -0.3 is 4.90 Å². The van der Waals surface area contributed by atoms with Crippen LogP contribution in [0.5, 0.6) is 0 Å². The van der Waals surface area contributed by atoms with Gasteiger partial charge in [0.15, 0.2) is 0 Å². The smallest absolute Gasteiger partial charge is 0.304 e. The fourth-order valence-electron chi connectivity index (χ4n) is 3.53. The molecule has 0 aromatic carbocycles. The molecule has 1 saturated carbocycles. The van der Waals surface area contributed by atoms with Crippen LogP contribution >= 0.6 is 0 Å². The molecule has 0 unspecified atom stereocenters. The van der Waals surface area contributed by atoms with Crippen molar-refractivity contribution in [3.63, 3.8) is 0 Å². The molecule has 1 N–H and O–H groups in total. The lowest BCUT2D eigenvalue weighted by molar-refractivity contribution is -0.126. The van der Waals surface area contributed by atoms with E-state index in [0.29, 0.717) is 6.54 Å². The van der Waals surface area contributed by atoms with Crippen LogP contribution in [0.2, 0.25) is 0 Å². The molecule has 3 amide bonds. The van der Waals surface area contributed by atoms with E-state index < -0.39 is 5.54 Å². The number of urea groups is 1.